The highest BCUT2D eigenvalue weighted by atomic mass is 35.5. The molecule has 0 unspecified atom stereocenters. The second-order valence-electron chi connectivity index (χ2n) is 6.00. The molecule has 0 saturated heterocycles. The molecule has 22 heavy (non-hydrogen) atoms. The van der Waals surface area contributed by atoms with Crippen LogP contribution in [-0.2, 0) is 22.4 Å². The summed E-state index contributed by atoms with van der Waals surface area (Å²) in [4.78, 5) is 29.6. The predicted octanol–water partition coefficient (Wildman–Crippen LogP) is 2.73. The number of carbonyl (C=O) groups is 2. The van der Waals surface area contributed by atoms with Crippen molar-refractivity contribution in [2.45, 2.75) is 39.3 Å². The molecular weight excluding hydrogens is 308 g/mol. The number of carbonyl (C=O) groups excluding carboxylic acids is 2. The minimum Gasteiger partial charge on any atom is -0.445 e. The number of halogens is 1. The largest absolute Gasteiger partial charge is 0.445 e. The molecule has 0 bridgehead atoms. The van der Waals surface area contributed by atoms with Crippen LogP contribution in [0.25, 0.3) is 0 Å². The molecular formula is C15H19ClN2O4. The molecule has 0 atom stereocenters. The summed E-state index contributed by atoms with van der Waals surface area (Å²) in [5, 5.41) is 0. The van der Waals surface area contributed by atoms with E-state index in [9.17, 15) is 9.59 Å². The minimum atomic E-state index is -0.577. The van der Waals surface area contributed by atoms with Crippen molar-refractivity contribution in [3.05, 3.63) is 29.1 Å². The van der Waals surface area contributed by atoms with Crippen molar-refractivity contribution in [1.82, 2.24) is 9.88 Å². The van der Waals surface area contributed by atoms with Crippen LogP contribution in [0.5, 0.6) is 0 Å². The van der Waals surface area contributed by atoms with Crippen molar-refractivity contribution in [1.29, 1.82) is 0 Å². The third-order valence-corrected chi connectivity index (χ3v) is 3.22. The van der Waals surface area contributed by atoms with Crippen LogP contribution in [0.3, 0.4) is 0 Å². The van der Waals surface area contributed by atoms with Gasteiger partial charge in [0.05, 0.1) is 12.2 Å². The number of hydrogen-bond acceptors (Lipinski definition) is 5. The lowest BCUT2D eigenvalue weighted by Gasteiger charge is -2.30. The van der Waals surface area contributed by atoms with Gasteiger partial charge in [-0.1, -0.05) is 17.7 Å². The summed E-state index contributed by atoms with van der Waals surface area (Å²) < 4.78 is 10.1. The van der Waals surface area contributed by atoms with E-state index in [0.29, 0.717) is 25.2 Å². The number of aromatic nitrogens is 1. The van der Waals surface area contributed by atoms with Gasteiger partial charge in [0.15, 0.2) is 6.07 Å². The Morgan fingerprint density at radius 1 is 1.36 bits per heavy atom. The Morgan fingerprint density at radius 2 is 2.09 bits per heavy atom. The molecule has 2 rings (SSSR count). The van der Waals surface area contributed by atoms with E-state index in [1.54, 1.807) is 11.0 Å². The third kappa shape index (κ3) is 4.10. The SMILES string of the molecule is CC(C)(C)OC(=O)N1CCc2ccc(C(=O)OCCl)nc2C1. The number of hydrogen-bond donors (Lipinski definition) is 0. The maximum atomic E-state index is 12.1. The van der Waals surface area contributed by atoms with Crippen molar-refractivity contribution in [3.63, 3.8) is 0 Å². The second-order valence-corrected chi connectivity index (χ2v) is 6.21. The van der Waals surface area contributed by atoms with Gasteiger partial charge in [-0.05, 0) is 38.8 Å². The van der Waals surface area contributed by atoms with Gasteiger partial charge >= 0.3 is 12.1 Å². The molecule has 0 fully saturated rings. The molecule has 1 aliphatic heterocycles. The van der Waals surface area contributed by atoms with E-state index in [0.717, 1.165) is 5.56 Å². The van der Waals surface area contributed by atoms with Gasteiger partial charge in [-0.15, -0.1) is 0 Å². The van der Waals surface area contributed by atoms with Crippen LogP contribution in [0.4, 0.5) is 4.79 Å². The molecule has 0 aliphatic carbocycles. The monoisotopic (exact) mass is 326 g/mol. The normalized spacial score (nSPS) is 14.3. The fourth-order valence-corrected chi connectivity index (χ4v) is 2.23. The lowest BCUT2D eigenvalue weighted by atomic mass is 10.0. The lowest BCUT2D eigenvalue weighted by Crippen LogP contribution is -2.40. The quantitative estimate of drug-likeness (QED) is 0.617. The molecule has 2 heterocycles. The van der Waals surface area contributed by atoms with E-state index in [1.807, 2.05) is 26.8 Å². The van der Waals surface area contributed by atoms with E-state index >= 15 is 0 Å². The van der Waals surface area contributed by atoms with Crippen LogP contribution < -0.4 is 0 Å². The standard InChI is InChI=1S/C15H19ClN2O4/c1-15(2,3)22-14(20)18-7-6-10-4-5-11(13(19)21-9-16)17-12(10)8-18/h4-5H,6-9H2,1-3H3. The highest BCUT2D eigenvalue weighted by Gasteiger charge is 2.27. The summed E-state index contributed by atoms with van der Waals surface area (Å²) >= 11 is 5.38. The Morgan fingerprint density at radius 3 is 2.73 bits per heavy atom. The Balaban J connectivity index is 2.13. The second kappa shape index (κ2) is 6.52. The van der Waals surface area contributed by atoms with Crippen LogP contribution in [-0.4, -0.2) is 40.2 Å². The summed E-state index contributed by atoms with van der Waals surface area (Å²) in [5.74, 6) is -0.577. The summed E-state index contributed by atoms with van der Waals surface area (Å²) in [6.45, 7) is 6.34. The van der Waals surface area contributed by atoms with Crippen molar-refractivity contribution in [2.24, 2.45) is 0 Å². The molecule has 1 aromatic heterocycles. The highest BCUT2D eigenvalue weighted by molar-refractivity contribution is 6.17. The van der Waals surface area contributed by atoms with E-state index < -0.39 is 11.6 Å². The Labute approximate surface area is 134 Å². The number of nitrogens with zero attached hydrogens (tertiary/aromatic N) is 2. The van der Waals surface area contributed by atoms with Gasteiger partial charge in [-0.3, -0.25) is 0 Å². The maximum Gasteiger partial charge on any atom is 0.410 e. The number of ether oxygens (including phenoxy) is 2. The van der Waals surface area contributed by atoms with Crippen LogP contribution in [0.15, 0.2) is 12.1 Å². The first kappa shape index (κ1) is 16.5. The lowest BCUT2D eigenvalue weighted by molar-refractivity contribution is 0.0221. The average Bonchev–Trinajstić information content (AvgIpc) is 2.44. The van der Waals surface area contributed by atoms with Crippen molar-refractivity contribution >= 4 is 23.7 Å². The molecule has 0 aromatic carbocycles. The van der Waals surface area contributed by atoms with Gasteiger partial charge < -0.3 is 14.4 Å². The van der Waals surface area contributed by atoms with E-state index in [2.05, 4.69) is 4.98 Å². The average molecular weight is 327 g/mol. The zero-order valence-corrected chi connectivity index (χ0v) is 13.6. The van der Waals surface area contributed by atoms with Crippen molar-refractivity contribution < 1.29 is 19.1 Å². The summed E-state index contributed by atoms with van der Waals surface area (Å²) in [7, 11) is 0. The third-order valence-electron chi connectivity index (χ3n) is 3.11. The molecule has 0 saturated carbocycles. The fourth-order valence-electron chi connectivity index (χ4n) is 2.13. The highest BCUT2D eigenvalue weighted by Crippen LogP contribution is 2.20. The number of pyridine rings is 1. The van der Waals surface area contributed by atoms with Crippen molar-refractivity contribution in [2.75, 3.05) is 12.6 Å². The predicted molar refractivity (Wildman–Crippen MR) is 80.7 cm³/mol. The molecule has 7 heteroatoms. The number of alkyl halides is 1. The molecule has 0 N–H and O–H groups in total. The summed E-state index contributed by atoms with van der Waals surface area (Å²) in [6, 6.07) is 3.22. The molecule has 1 amide bonds. The van der Waals surface area contributed by atoms with Crippen LogP contribution in [0.2, 0.25) is 0 Å². The topological polar surface area (TPSA) is 68.7 Å². The first-order chi connectivity index (χ1) is 10.3. The van der Waals surface area contributed by atoms with Crippen molar-refractivity contribution in [3.8, 4) is 0 Å². The number of esters is 1. The Kier molecular flexibility index (Phi) is 4.90. The number of amides is 1. The molecule has 6 nitrogen and oxygen atoms in total. The zero-order chi connectivity index (χ0) is 16.3. The first-order valence-corrected chi connectivity index (χ1v) is 7.53. The number of fused-ring (bicyclic) bond motifs is 1. The van der Waals surface area contributed by atoms with Gasteiger partial charge in [-0.25, -0.2) is 14.6 Å². The molecule has 120 valence electrons. The summed E-state index contributed by atoms with van der Waals surface area (Å²) in [5.41, 5.74) is 1.34. The molecule has 1 aromatic rings. The molecule has 1 aliphatic rings. The first-order valence-electron chi connectivity index (χ1n) is 7.00. The smallest absolute Gasteiger partial charge is 0.410 e. The minimum absolute atomic E-state index is 0.186. The van der Waals surface area contributed by atoms with Crippen LogP contribution in [0.1, 0.15) is 42.5 Å². The van der Waals surface area contributed by atoms with Gasteiger partial charge in [0.25, 0.3) is 0 Å². The zero-order valence-electron chi connectivity index (χ0n) is 12.9. The van der Waals surface area contributed by atoms with E-state index in [4.69, 9.17) is 21.1 Å². The summed E-state index contributed by atoms with van der Waals surface area (Å²) in [6.07, 6.45) is 0.292. The Bertz CT molecular complexity index is 583. The fraction of sp³-hybridized carbons (Fsp3) is 0.533. The number of rotatable bonds is 2. The maximum absolute atomic E-state index is 12.1. The van der Waals surface area contributed by atoms with Gasteiger partial charge in [0.2, 0.25) is 0 Å². The van der Waals surface area contributed by atoms with Crippen LogP contribution >= 0.6 is 11.6 Å². The van der Waals surface area contributed by atoms with Gasteiger partial charge in [0.1, 0.15) is 11.3 Å². The Hall–Kier alpha value is -1.82. The van der Waals surface area contributed by atoms with Crippen LogP contribution in [0, 0.1) is 0 Å². The van der Waals surface area contributed by atoms with E-state index in [-0.39, 0.29) is 17.9 Å². The molecule has 0 spiro atoms. The molecule has 0 radical (unpaired) electrons. The van der Waals surface area contributed by atoms with E-state index in [1.165, 1.54) is 0 Å². The van der Waals surface area contributed by atoms with Gasteiger partial charge in [-0.2, -0.15) is 0 Å². The van der Waals surface area contributed by atoms with Gasteiger partial charge in [0, 0.05) is 6.54 Å².